The molecule has 0 aliphatic rings. The van der Waals surface area contributed by atoms with E-state index in [0.717, 1.165) is 19.6 Å². The fraction of sp³-hybridized carbons (Fsp3) is 0.917. The Labute approximate surface area is 99.4 Å². The lowest BCUT2D eigenvalue weighted by Gasteiger charge is -2.26. The van der Waals surface area contributed by atoms with E-state index in [1.807, 2.05) is 0 Å². The van der Waals surface area contributed by atoms with Gasteiger partial charge in [0.1, 0.15) is 0 Å². The summed E-state index contributed by atoms with van der Waals surface area (Å²) in [5.74, 6) is 0.848. The fourth-order valence-corrected chi connectivity index (χ4v) is 1.75. The average molecular weight is 229 g/mol. The minimum atomic E-state index is -0.512. The van der Waals surface area contributed by atoms with Crippen molar-refractivity contribution < 1.29 is 4.79 Å². The van der Waals surface area contributed by atoms with E-state index < -0.39 is 11.9 Å². The molecule has 0 heterocycles. The molecule has 96 valence electrons. The van der Waals surface area contributed by atoms with Gasteiger partial charge < -0.3 is 16.4 Å². The minimum Gasteiger partial charge on any atom is -0.368 e. The fourth-order valence-electron chi connectivity index (χ4n) is 1.75. The monoisotopic (exact) mass is 229 g/mol. The van der Waals surface area contributed by atoms with Gasteiger partial charge in [-0.05, 0) is 18.3 Å². The van der Waals surface area contributed by atoms with Crippen LogP contribution in [0.15, 0.2) is 0 Å². The molecule has 4 heteroatoms. The number of carbonyl (C=O) groups is 1. The van der Waals surface area contributed by atoms with Crippen LogP contribution >= 0.6 is 0 Å². The van der Waals surface area contributed by atoms with Crippen LogP contribution in [0.2, 0.25) is 0 Å². The van der Waals surface area contributed by atoms with Gasteiger partial charge in [0, 0.05) is 19.6 Å². The first-order valence-electron chi connectivity index (χ1n) is 6.10. The molecule has 0 aromatic heterocycles. The van der Waals surface area contributed by atoms with Crippen molar-refractivity contribution in [2.75, 3.05) is 19.6 Å². The SMILES string of the molecule is CC(C)CN(CCC(N)C(N)=O)CC(C)C. The van der Waals surface area contributed by atoms with Gasteiger partial charge in [0.2, 0.25) is 5.91 Å². The average Bonchev–Trinajstić information content (AvgIpc) is 2.11. The van der Waals surface area contributed by atoms with Gasteiger partial charge in [-0.15, -0.1) is 0 Å². The quantitative estimate of drug-likeness (QED) is 0.647. The van der Waals surface area contributed by atoms with Gasteiger partial charge in [-0.25, -0.2) is 0 Å². The van der Waals surface area contributed by atoms with Crippen molar-refractivity contribution in [2.45, 2.75) is 40.2 Å². The van der Waals surface area contributed by atoms with E-state index in [0.29, 0.717) is 18.3 Å². The zero-order valence-electron chi connectivity index (χ0n) is 11.1. The lowest BCUT2D eigenvalue weighted by atomic mass is 10.1. The highest BCUT2D eigenvalue weighted by molar-refractivity contribution is 5.79. The van der Waals surface area contributed by atoms with E-state index in [-0.39, 0.29) is 0 Å². The van der Waals surface area contributed by atoms with Crippen LogP contribution < -0.4 is 11.5 Å². The Morgan fingerprint density at radius 1 is 1.12 bits per heavy atom. The second-order valence-electron chi connectivity index (χ2n) is 5.34. The third kappa shape index (κ3) is 7.65. The summed E-state index contributed by atoms with van der Waals surface area (Å²) >= 11 is 0. The van der Waals surface area contributed by atoms with Crippen LogP contribution in [-0.2, 0) is 4.79 Å². The molecule has 1 atom stereocenters. The molecule has 4 nitrogen and oxygen atoms in total. The minimum absolute atomic E-state index is 0.408. The Morgan fingerprint density at radius 3 is 1.88 bits per heavy atom. The van der Waals surface area contributed by atoms with Gasteiger partial charge >= 0.3 is 0 Å². The number of nitrogens with two attached hydrogens (primary N) is 2. The Bertz CT molecular complexity index is 194. The maximum absolute atomic E-state index is 10.8. The van der Waals surface area contributed by atoms with Crippen molar-refractivity contribution in [1.29, 1.82) is 0 Å². The first-order valence-corrected chi connectivity index (χ1v) is 6.10. The Morgan fingerprint density at radius 2 is 1.56 bits per heavy atom. The molecule has 0 rings (SSSR count). The summed E-state index contributed by atoms with van der Waals surface area (Å²) < 4.78 is 0. The summed E-state index contributed by atoms with van der Waals surface area (Å²) in [6.45, 7) is 11.7. The van der Waals surface area contributed by atoms with Gasteiger partial charge in [0.25, 0.3) is 0 Å². The molecule has 0 bridgehead atoms. The highest BCUT2D eigenvalue weighted by Gasteiger charge is 2.14. The number of hydrogen-bond acceptors (Lipinski definition) is 3. The summed E-state index contributed by atoms with van der Waals surface area (Å²) in [6, 6.07) is -0.512. The smallest absolute Gasteiger partial charge is 0.234 e. The third-order valence-electron chi connectivity index (χ3n) is 2.37. The number of nitrogens with zero attached hydrogens (tertiary/aromatic N) is 1. The molecular formula is C12H27N3O. The largest absolute Gasteiger partial charge is 0.368 e. The van der Waals surface area contributed by atoms with Crippen LogP contribution in [0, 0.1) is 11.8 Å². The standard InChI is InChI=1S/C12H27N3O/c1-9(2)7-15(8-10(3)4)6-5-11(13)12(14)16/h9-11H,5-8,13H2,1-4H3,(H2,14,16). The van der Waals surface area contributed by atoms with Crippen molar-refractivity contribution in [1.82, 2.24) is 4.90 Å². The van der Waals surface area contributed by atoms with Crippen LogP contribution in [-0.4, -0.2) is 36.5 Å². The Balaban J connectivity index is 4.05. The highest BCUT2D eigenvalue weighted by Crippen LogP contribution is 2.05. The second kappa shape index (κ2) is 7.63. The Kier molecular flexibility index (Phi) is 7.34. The van der Waals surface area contributed by atoms with E-state index in [4.69, 9.17) is 11.5 Å². The zero-order valence-corrected chi connectivity index (χ0v) is 11.1. The van der Waals surface area contributed by atoms with Gasteiger partial charge in [-0.3, -0.25) is 4.79 Å². The molecule has 0 aliphatic heterocycles. The predicted octanol–water partition coefficient (Wildman–Crippen LogP) is 0.803. The summed E-state index contributed by atoms with van der Waals surface area (Å²) in [5, 5.41) is 0. The third-order valence-corrected chi connectivity index (χ3v) is 2.37. The second-order valence-corrected chi connectivity index (χ2v) is 5.34. The number of rotatable bonds is 8. The topological polar surface area (TPSA) is 72.3 Å². The maximum atomic E-state index is 10.8. The summed E-state index contributed by atoms with van der Waals surface area (Å²) in [5.41, 5.74) is 10.8. The van der Waals surface area contributed by atoms with Crippen LogP contribution in [0.3, 0.4) is 0 Å². The molecule has 1 amide bonds. The van der Waals surface area contributed by atoms with E-state index >= 15 is 0 Å². The first kappa shape index (κ1) is 15.4. The van der Waals surface area contributed by atoms with Crippen molar-refractivity contribution >= 4 is 5.91 Å². The molecule has 16 heavy (non-hydrogen) atoms. The predicted molar refractivity (Wildman–Crippen MR) is 67.9 cm³/mol. The molecule has 1 unspecified atom stereocenters. The Hall–Kier alpha value is -0.610. The highest BCUT2D eigenvalue weighted by atomic mass is 16.1. The van der Waals surface area contributed by atoms with Crippen LogP contribution in [0.25, 0.3) is 0 Å². The molecule has 0 aromatic rings. The van der Waals surface area contributed by atoms with Crippen LogP contribution in [0.1, 0.15) is 34.1 Å². The van der Waals surface area contributed by atoms with E-state index in [1.54, 1.807) is 0 Å². The molecule has 4 N–H and O–H groups in total. The van der Waals surface area contributed by atoms with E-state index in [2.05, 4.69) is 32.6 Å². The van der Waals surface area contributed by atoms with Gasteiger partial charge in [-0.1, -0.05) is 27.7 Å². The summed E-state index contributed by atoms with van der Waals surface area (Å²) in [4.78, 5) is 13.2. The summed E-state index contributed by atoms with van der Waals surface area (Å²) in [7, 11) is 0. The molecule has 0 saturated carbocycles. The molecule has 0 aliphatic carbocycles. The van der Waals surface area contributed by atoms with Crippen LogP contribution in [0.5, 0.6) is 0 Å². The van der Waals surface area contributed by atoms with E-state index in [9.17, 15) is 4.79 Å². The van der Waals surface area contributed by atoms with Crippen molar-refractivity contribution in [3.05, 3.63) is 0 Å². The number of carbonyl (C=O) groups excluding carboxylic acids is 1. The molecular weight excluding hydrogens is 202 g/mol. The molecule has 0 fully saturated rings. The molecule has 0 radical (unpaired) electrons. The molecule has 0 saturated heterocycles. The lowest BCUT2D eigenvalue weighted by Crippen LogP contribution is -2.41. The zero-order chi connectivity index (χ0) is 12.7. The summed E-state index contributed by atoms with van der Waals surface area (Å²) in [6.07, 6.45) is 0.648. The molecule has 0 aromatic carbocycles. The lowest BCUT2D eigenvalue weighted by molar-refractivity contribution is -0.119. The normalized spacial score (nSPS) is 13.8. The number of primary amides is 1. The van der Waals surface area contributed by atoms with E-state index in [1.165, 1.54) is 0 Å². The number of amides is 1. The first-order chi connectivity index (χ1) is 7.32. The maximum Gasteiger partial charge on any atom is 0.234 e. The van der Waals surface area contributed by atoms with Crippen molar-refractivity contribution in [3.63, 3.8) is 0 Å². The van der Waals surface area contributed by atoms with Crippen molar-refractivity contribution in [3.8, 4) is 0 Å². The van der Waals surface area contributed by atoms with Crippen molar-refractivity contribution in [2.24, 2.45) is 23.3 Å². The van der Waals surface area contributed by atoms with Gasteiger partial charge in [0.05, 0.1) is 6.04 Å². The molecule has 0 spiro atoms. The van der Waals surface area contributed by atoms with Gasteiger partial charge in [-0.2, -0.15) is 0 Å². The van der Waals surface area contributed by atoms with Gasteiger partial charge in [0.15, 0.2) is 0 Å². The number of hydrogen-bond donors (Lipinski definition) is 2. The van der Waals surface area contributed by atoms with Crippen LogP contribution in [0.4, 0.5) is 0 Å².